The molecule has 0 aliphatic carbocycles. The smallest absolute Gasteiger partial charge is 0.290 e. The van der Waals surface area contributed by atoms with Crippen molar-refractivity contribution in [1.29, 1.82) is 0 Å². The zero-order valence-corrected chi connectivity index (χ0v) is 10.7. The van der Waals surface area contributed by atoms with E-state index in [2.05, 4.69) is 5.10 Å². The fourth-order valence-electron chi connectivity index (χ4n) is 1.66. The molecule has 0 saturated carbocycles. The topological polar surface area (TPSA) is 52.0 Å². The highest BCUT2D eigenvalue weighted by atomic mass is 35.5. The Morgan fingerprint density at radius 1 is 1.28 bits per heavy atom. The van der Waals surface area contributed by atoms with Crippen LogP contribution in [0.25, 0.3) is 5.69 Å². The molecule has 0 aliphatic heterocycles. The van der Waals surface area contributed by atoms with E-state index >= 15 is 0 Å². The van der Waals surface area contributed by atoms with E-state index < -0.39 is 5.56 Å². The molecule has 0 fully saturated rings. The van der Waals surface area contributed by atoms with Crippen LogP contribution in [0.15, 0.2) is 35.1 Å². The number of aromatic nitrogens is 2. The summed E-state index contributed by atoms with van der Waals surface area (Å²) in [7, 11) is 0. The van der Waals surface area contributed by atoms with Gasteiger partial charge in [-0.25, -0.2) is 0 Å². The summed E-state index contributed by atoms with van der Waals surface area (Å²) in [5.74, 6) is -0.223. The van der Waals surface area contributed by atoms with Crippen molar-refractivity contribution in [2.24, 2.45) is 0 Å². The van der Waals surface area contributed by atoms with Crippen LogP contribution in [0.3, 0.4) is 0 Å². The lowest BCUT2D eigenvalue weighted by atomic mass is 10.2. The average Bonchev–Trinajstić information content (AvgIpc) is 2.37. The Bertz CT molecular complexity index is 663. The van der Waals surface area contributed by atoms with Crippen LogP contribution in [0.1, 0.15) is 23.0 Å². The molecule has 2 rings (SSSR count). The van der Waals surface area contributed by atoms with Gasteiger partial charge in [-0.15, -0.1) is 0 Å². The SMILES string of the molecule is CC(=O)c1nn(-c2ccccc2)c(=O)c(Cl)c1C. The first kappa shape index (κ1) is 12.5. The fourth-order valence-corrected chi connectivity index (χ4v) is 1.83. The van der Waals surface area contributed by atoms with Crippen molar-refractivity contribution in [3.05, 3.63) is 57.0 Å². The Balaban J connectivity index is 2.77. The molecule has 5 heteroatoms. The zero-order chi connectivity index (χ0) is 13.3. The normalized spacial score (nSPS) is 10.4. The summed E-state index contributed by atoms with van der Waals surface area (Å²) in [5, 5.41) is 4.10. The summed E-state index contributed by atoms with van der Waals surface area (Å²) in [5.41, 5.74) is 0.780. The average molecular weight is 263 g/mol. The third kappa shape index (κ3) is 2.07. The Hall–Kier alpha value is -1.94. The van der Waals surface area contributed by atoms with Crippen molar-refractivity contribution in [3.63, 3.8) is 0 Å². The van der Waals surface area contributed by atoms with Gasteiger partial charge >= 0.3 is 0 Å². The predicted octanol–water partition coefficient (Wildman–Crippen LogP) is 2.40. The molecule has 0 bridgehead atoms. The Morgan fingerprint density at radius 3 is 2.44 bits per heavy atom. The van der Waals surface area contributed by atoms with Gasteiger partial charge in [0.05, 0.1) is 5.69 Å². The molecule has 0 amide bonds. The summed E-state index contributed by atoms with van der Waals surface area (Å²) < 4.78 is 1.14. The maximum atomic E-state index is 12.0. The number of hydrogen-bond acceptors (Lipinski definition) is 3. The van der Waals surface area contributed by atoms with E-state index in [0.717, 1.165) is 4.68 Å². The maximum absolute atomic E-state index is 12.0. The Kier molecular flexibility index (Phi) is 3.30. The number of nitrogens with zero attached hydrogens (tertiary/aromatic N) is 2. The number of carbonyl (C=O) groups excluding carboxylic acids is 1. The second kappa shape index (κ2) is 4.74. The van der Waals surface area contributed by atoms with Crippen LogP contribution in [0.4, 0.5) is 0 Å². The van der Waals surface area contributed by atoms with Gasteiger partial charge in [0.1, 0.15) is 10.7 Å². The molecular weight excluding hydrogens is 252 g/mol. The van der Waals surface area contributed by atoms with Crippen molar-refractivity contribution >= 4 is 17.4 Å². The zero-order valence-electron chi connectivity index (χ0n) is 9.98. The monoisotopic (exact) mass is 262 g/mol. The highest BCUT2D eigenvalue weighted by Crippen LogP contribution is 2.15. The van der Waals surface area contributed by atoms with E-state index in [1.807, 2.05) is 6.07 Å². The van der Waals surface area contributed by atoms with E-state index in [4.69, 9.17) is 11.6 Å². The van der Waals surface area contributed by atoms with Crippen LogP contribution < -0.4 is 5.56 Å². The number of hydrogen-bond donors (Lipinski definition) is 0. The molecule has 0 N–H and O–H groups in total. The molecule has 92 valence electrons. The molecule has 1 aromatic carbocycles. The van der Waals surface area contributed by atoms with Gasteiger partial charge in [-0.1, -0.05) is 29.8 Å². The lowest BCUT2D eigenvalue weighted by Crippen LogP contribution is -2.25. The lowest BCUT2D eigenvalue weighted by Gasteiger charge is -2.09. The quantitative estimate of drug-likeness (QED) is 0.781. The molecule has 0 spiro atoms. The van der Waals surface area contributed by atoms with Crippen LogP contribution in [-0.4, -0.2) is 15.6 Å². The summed E-state index contributed by atoms with van der Waals surface area (Å²) in [6, 6.07) is 8.85. The van der Waals surface area contributed by atoms with Gasteiger partial charge in [0.15, 0.2) is 5.78 Å². The van der Waals surface area contributed by atoms with Gasteiger partial charge in [-0.3, -0.25) is 9.59 Å². The summed E-state index contributed by atoms with van der Waals surface area (Å²) in [6.45, 7) is 3.01. The van der Waals surface area contributed by atoms with Gasteiger partial charge in [0.25, 0.3) is 5.56 Å². The molecule has 1 aromatic heterocycles. The number of carbonyl (C=O) groups is 1. The minimum atomic E-state index is -0.426. The van der Waals surface area contributed by atoms with Crippen LogP contribution in [-0.2, 0) is 0 Å². The fraction of sp³-hybridized carbons (Fsp3) is 0.154. The molecule has 18 heavy (non-hydrogen) atoms. The number of para-hydroxylation sites is 1. The number of Topliss-reactive ketones (excluding diaryl/α,β-unsaturated/α-hetero) is 1. The van der Waals surface area contributed by atoms with Crippen LogP contribution in [0, 0.1) is 6.92 Å². The van der Waals surface area contributed by atoms with Crippen LogP contribution >= 0.6 is 11.6 Å². The first-order chi connectivity index (χ1) is 8.52. The second-order valence-corrected chi connectivity index (χ2v) is 4.27. The number of halogens is 1. The molecule has 0 aliphatic rings. The molecule has 0 saturated heterocycles. The largest absolute Gasteiger partial charge is 0.293 e. The number of rotatable bonds is 2. The lowest BCUT2D eigenvalue weighted by molar-refractivity contribution is 0.101. The van der Waals surface area contributed by atoms with E-state index in [0.29, 0.717) is 11.3 Å². The minimum Gasteiger partial charge on any atom is -0.293 e. The molecule has 4 nitrogen and oxygen atoms in total. The van der Waals surface area contributed by atoms with Crippen LogP contribution in [0.5, 0.6) is 0 Å². The van der Waals surface area contributed by atoms with Gasteiger partial charge in [-0.2, -0.15) is 9.78 Å². The predicted molar refractivity (Wildman–Crippen MR) is 69.6 cm³/mol. The number of ketones is 1. The summed E-state index contributed by atoms with van der Waals surface area (Å²) >= 11 is 5.96. The molecule has 0 radical (unpaired) electrons. The minimum absolute atomic E-state index is 0.0269. The summed E-state index contributed by atoms with van der Waals surface area (Å²) in [6.07, 6.45) is 0. The maximum Gasteiger partial charge on any atom is 0.290 e. The third-order valence-electron chi connectivity index (χ3n) is 2.60. The second-order valence-electron chi connectivity index (χ2n) is 3.90. The van der Waals surface area contributed by atoms with E-state index in [-0.39, 0.29) is 16.5 Å². The standard InChI is InChI=1S/C13H11ClN2O2/c1-8-11(14)13(18)16(15-12(8)9(2)17)10-6-4-3-5-7-10/h3-7H,1-2H3. The van der Waals surface area contributed by atoms with Crippen molar-refractivity contribution in [3.8, 4) is 5.69 Å². The molecule has 1 heterocycles. The Morgan fingerprint density at radius 2 is 1.89 bits per heavy atom. The summed E-state index contributed by atoms with van der Waals surface area (Å²) in [4.78, 5) is 23.5. The third-order valence-corrected chi connectivity index (χ3v) is 3.04. The molecule has 0 unspecified atom stereocenters. The van der Waals surface area contributed by atoms with Gasteiger partial charge in [-0.05, 0) is 19.1 Å². The molecular formula is C13H11ClN2O2. The van der Waals surface area contributed by atoms with Crippen molar-refractivity contribution in [2.45, 2.75) is 13.8 Å². The molecule has 2 aromatic rings. The van der Waals surface area contributed by atoms with Gasteiger partial charge in [0.2, 0.25) is 0 Å². The first-order valence-corrected chi connectivity index (χ1v) is 5.76. The number of benzene rings is 1. The van der Waals surface area contributed by atoms with Gasteiger partial charge in [0, 0.05) is 12.5 Å². The van der Waals surface area contributed by atoms with Crippen LogP contribution in [0.2, 0.25) is 5.02 Å². The van der Waals surface area contributed by atoms with E-state index in [1.165, 1.54) is 6.92 Å². The van der Waals surface area contributed by atoms with Crippen molar-refractivity contribution in [2.75, 3.05) is 0 Å². The van der Waals surface area contributed by atoms with Crippen molar-refractivity contribution in [1.82, 2.24) is 9.78 Å². The van der Waals surface area contributed by atoms with Crippen molar-refractivity contribution < 1.29 is 4.79 Å². The highest BCUT2D eigenvalue weighted by Gasteiger charge is 2.16. The first-order valence-electron chi connectivity index (χ1n) is 5.38. The highest BCUT2D eigenvalue weighted by molar-refractivity contribution is 6.31. The Labute approximate surface area is 109 Å². The van der Waals surface area contributed by atoms with Gasteiger partial charge < -0.3 is 0 Å². The molecule has 0 atom stereocenters. The van der Waals surface area contributed by atoms with E-state index in [1.54, 1.807) is 31.2 Å². The van der Waals surface area contributed by atoms with E-state index in [9.17, 15) is 9.59 Å².